The van der Waals surface area contributed by atoms with Crippen molar-refractivity contribution in [3.63, 3.8) is 0 Å². The molecule has 4 aromatic rings. The molecule has 0 amide bonds. The van der Waals surface area contributed by atoms with Crippen LogP contribution in [0, 0.1) is 18.3 Å². The standard InChI is InChI=1S/C23H23GeN2O/c1-15-9-10-19-18-8-6-7-16(14-25)22(18)27-23(19)21(15)20-13-17(24(2,3)4)11-12-26(20)5/h6-13H,1-5H3/q+1. The number of nitriles is 1. The van der Waals surface area contributed by atoms with Crippen LogP contribution in [0.2, 0.25) is 17.3 Å². The van der Waals surface area contributed by atoms with Crippen molar-refractivity contribution >= 4 is 39.6 Å². The van der Waals surface area contributed by atoms with Crippen molar-refractivity contribution < 1.29 is 8.98 Å². The zero-order valence-corrected chi connectivity index (χ0v) is 18.5. The molecular formula is C23H23GeN2O+. The zero-order chi connectivity index (χ0) is 19.3. The van der Waals surface area contributed by atoms with Crippen molar-refractivity contribution in [3.05, 3.63) is 59.8 Å². The van der Waals surface area contributed by atoms with Gasteiger partial charge in [0.2, 0.25) is 0 Å². The van der Waals surface area contributed by atoms with E-state index in [4.69, 9.17) is 4.42 Å². The Morgan fingerprint density at radius 2 is 1.74 bits per heavy atom. The summed E-state index contributed by atoms with van der Waals surface area (Å²) in [6.07, 6.45) is 2.16. The molecule has 0 saturated heterocycles. The Hall–Kier alpha value is -2.58. The number of nitrogens with zero attached hydrogens (tertiary/aromatic N) is 2. The van der Waals surface area contributed by atoms with E-state index in [-0.39, 0.29) is 0 Å². The van der Waals surface area contributed by atoms with E-state index in [1.165, 1.54) is 9.96 Å². The van der Waals surface area contributed by atoms with Gasteiger partial charge < -0.3 is 0 Å². The van der Waals surface area contributed by atoms with E-state index < -0.39 is 13.3 Å². The maximum absolute atomic E-state index is 9.46. The first kappa shape index (κ1) is 17.8. The molecule has 134 valence electrons. The predicted molar refractivity (Wildman–Crippen MR) is 113 cm³/mol. The van der Waals surface area contributed by atoms with Gasteiger partial charge in [-0.25, -0.2) is 0 Å². The van der Waals surface area contributed by atoms with Gasteiger partial charge in [-0.1, -0.05) is 0 Å². The SMILES string of the molecule is Cc1ccc2c(oc3c(C#N)cccc32)c1-c1c[c]([Ge]([CH3])([CH3])[CH3])cc[n+]1C. The summed E-state index contributed by atoms with van der Waals surface area (Å²) in [5, 5.41) is 11.5. The van der Waals surface area contributed by atoms with E-state index in [2.05, 4.69) is 72.3 Å². The molecule has 3 nitrogen and oxygen atoms in total. The number of aromatic nitrogens is 1. The quantitative estimate of drug-likeness (QED) is 0.348. The van der Waals surface area contributed by atoms with E-state index in [9.17, 15) is 5.26 Å². The van der Waals surface area contributed by atoms with E-state index in [1.807, 2.05) is 18.2 Å². The van der Waals surface area contributed by atoms with Crippen molar-refractivity contribution in [3.8, 4) is 17.3 Å². The Labute approximate surface area is 162 Å². The zero-order valence-electron chi connectivity index (χ0n) is 16.4. The van der Waals surface area contributed by atoms with Crippen molar-refractivity contribution in [2.45, 2.75) is 24.2 Å². The average Bonchev–Trinajstić information content (AvgIpc) is 3.00. The Morgan fingerprint density at radius 1 is 1.00 bits per heavy atom. The fourth-order valence-electron chi connectivity index (χ4n) is 3.65. The first-order valence-electron chi connectivity index (χ1n) is 9.16. The first-order chi connectivity index (χ1) is 12.8. The first-order valence-corrected chi connectivity index (χ1v) is 16.5. The number of aryl methyl sites for hydroxylation is 2. The third kappa shape index (κ3) is 2.85. The number of benzene rings is 2. The second kappa shape index (κ2) is 6.25. The van der Waals surface area contributed by atoms with Gasteiger partial charge >= 0.3 is 162 Å². The van der Waals surface area contributed by atoms with Crippen LogP contribution in [-0.2, 0) is 7.05 Å². The fraction of sp³-hybridized carbons (Fsp3) is 0.217. The van der Waals surface area contributed by atoms with Crippen molar-refractivity contribution in [2.75, 3.05) is 0 Å². The normalized spacial score (nSPS) is 11.9. The summed E-state index contributed by atoms with van der Waals surface area (Å²) in [5.41, 5.74) is 5.57. The van der Waals surface area contributed by atoms with Gasteiger partial charge in [-0.3, -0.25) is 0 Å². The molecule has 0 saturated carbocycles. The molecule has 4 rings (SSSR count). The predicted octanol–water partition coefficient (Wildman–Crippen LogP) is 4.80. The average molecular weight is 416 g/mol. The minimum atomic E-state index is -1.96. The summed E-state index contributed by atoms with van der Waals surface area (Å²) in [4.78, 5) is 0. The van der Waals surface area contributed by atoms with Crippen LogP contribution in [0.15, 0.2) is 53.1 Å². The second-order valence-electron chi connectivity index (χ2n) is 8.19. The molecule has 2 aromatic heterocycles. The molecule has 0 fully saturated rings. The third-order valence-corrected chi connectivity index (χ3v) is 9.55. The molecule has 0 aliphatic rings. The molecule has 0 N–H and O–H groups in total. The number of para-hydroxylation sites is 1. The number of fused-ring (bicyclic) bond motifs is 3. The molecule has 0 unspecified atom stereocenters. The van der Waals surface area contributed by atoms with Gasteiger partial charge in [-0.15, -0.1) is 0 Å². The molecule has 0 atom stereocenters. The van der Waals surface area contributed by atoms with Gasteiger partial charge in [0.1, 0.15) is 0 Å². The molecule has 2 aromatic carbocycles. The van der Waals surface area contributed by atoms with E-state index in [0.717, 1.165) is 27.6 Å². The Bertz CT molecular complexity index is 1240. The summed E-state index contributed by atoms with van der Waals surface area (Å²) < 4.78 is 9.93. The van der Waals surface area contributed by atoms with Crippen LogP contribution in [0.4, 0.5) is 0 Å². The summed E-state index contributed by atoms with van der Waals surface area (Å²) in [7, 11) is 2.08. The topological polar surface area (TPSA) is 40.8 Å². The molecule has 0 bridgehead atoms. The summed E-state index contributed by atoms with van der Waals surface area (Å²) >= 11 is -1.96. The summed E-state index contributed by atoms with van der Waals surface area (Å²) in [6, 6.07) is 16.9. The molecular weight excluding hydrogens is 393 g/mol. The van der Waals surface area contributed by atoms with Crippen molar-refractivity contribution in [1.82, 2.24) is 0 Å². The molecule has 27 heavy (non-hydrogen) atoms. The van der Waals surface area contributed by atoms with Gasteiger partial charge in [-0.05, 0) is 0 Å². The van der Waals surface area contributed by atoms with E-state index in [0.29, 0.717) is 11.1 Å². The van der Waals surface area contributed by atoms with Gasteiger partial charge in [0.25, 0.3) is 0 Å². The van der Waals surface area contributed by atoms with Gasteiger partial charge in [0.15, 0.2) is 0 Å². The molecule has 0 aliphatic carbocycles. The monoisotopic (exact) mass is 417 g/mol. The number of hydrogen-bond donors (Lipinski definition) is 0. The number of pyridine rings is 1. The fourth-order valence-corrected chi connectivity index (χ4v) is 6.05. The number of hydrogen-bond acceptors (Lipinski definition) is 2. The van der Waals surface area contributed by atoms with Gasteiger partial charge in [0, 0.05) is 0 Å². The van der Waals surface area contributed by atoms with Crippen LogP contribution in [0.3, 0.4) is 0 Å². The van der Waals surface area contributed by atoms with Gasteiger partial charge in [-0.2, -0.15) is 0 Å². The van der Waals surface area contributed by atoms with Crippen LogP contribution in [0.5, 0.6) is 0 Å². The summed E-state index contributed by atoms with van der Waals surface area (Å²) in [6.45, 7) is 2.12. The van der Waals surface area contributed by atoms with Crippen LogP contribution in [0.25, 0.3) is 33.2 Å². The molecule has 2 heterocycles. The maximum atomic E-state index is 9.46. The Balaban J connectivity index is 2.12. The van der Waals surface area contributed by atoms with E-state index >= 15 is 0 Å². The van der Waals surface area contributed by atoms with Crippen molar-refractivity contribution in [1.29, 1.82) is 5.26 Å². The minimum absolute atomic E-state index is 0.579. The summed E-state index contributed by atoms with van der Waals surface area (Å²) in [5.74, 6) is 7.23. The number of furan rings is 1. The second-order valence-corrected chi connectivity index (χ2v) is 18.8. The van der Waals surface area contributed by atoms with Crippen LogP contribution in [0.1, 0.15) is 11.1 Å². The molecule has 0 radical (unpaired) electrons. The van der Waals surface area contributed by atoms with Crippen LogP contribution < -0.4 is 8.96 Å². The van der Waals surface area contributed by atoms with Crippen molar-refractivity contribution in [2.24, 2.45) is 7.05 Å². The third-order valence-electron chi connectivity index (χ3n) is 5.27. The van der Waals surface area contributed by atoms with E-state index in [1.54, 1.807) is 0 Å². The Kier molecular flexibility index (Phi) is 4.12. The molecule has 0 aliphatic heterocycles. The Morgan fingerprint density at radius 3 is 2.44 bits per heavy atom. The molecule has 4 heteroatoms. The van der Waals surface area contributed by atoms with Crippen LogP contribution >= 0.6 is 0 Å². The van der Waals surface area contributed by atoms with Crippen LogP contribution in [-0.4, -0.2) is 13.3 Å². The number of rotatable bonds is 2. The van der Waals surface area contributed by atoms with Gasteiger partial charge in [0.05, 0.1) is 0 Å². The molecule has 0 spiro atoms.